The van der Waals surface area contributed by atoms with Gasteiger partial charge in [0, 0.05) is 31.9 Å². The quantitative estimate of drug-likeness (QED) is 0.892. The summed E-state index contributed by atoms with van der Waals surface area (Å²) in [5, 5.41) is 13.0. The molecular weight excluding hydrogens is 248 g/mol. The molecule has 0 radical (unpaired) electrons. The van der Waals surface area contributed by atoms with Gasteiger partial charge in [-0.1, -0.05) is 13.8 Å². The zero-order chi connectivity index (χ0) is 14.1. The van der Waals surface area contributed by atoms with Crippen LogP contribution in [0.25, 0.3) is 0 Å². The highest BCUT2D eigenvalue weighted by molar-refractivity contribution is 5.62. The second-order valence-corrected chi connectivity index (χ2v) is 6.01. The van der Waals surface area contributed by atoms with Gasteiger partial charge in [-0.05, 0) is 36.3 Å². The Labute approximate surface area is 120 Å². The van der Waals surface area contributed by atoms with E-state index in [0.29, 0.717) is 5.92 Å². The minimum atomic E-state index is 0.427. The van der Waals surface area contributed by atoms with E-state index in [1.807, 2.05) is 0 Å². The van der Waals surface area contributed by atoms with Crippen LogP contribution in [0.3, 0.4) is 0 Å². The van der Waals surface area contributed by atoms with E-state index in [9.17, 15) is 5.26 Å². The van der Waals surface area contributed by atoms with Crippen LogP contribution in [0.5, 0.6) is 0 Å². The van der Waals surface area contributed by atoms with Gasteiger partial charge in [-0.25, -0.2) is 4.98 Å². The van der Waals surface area contributed by atoms with Crippen LogP contribution >= 0.6 is 0 Å². The number of hydrogen-bond acceptors (Lipinski definition) is 4. The zero-order valence-electron chi connectivity index (χ0n) is 12.4. The number of nitriles is 1. The Balaban J connectivity index is 2.13. The molecule has 1 fully saturated rings. The molecule has 0 aromatic carbocycles. The molecule has 1 saturated heterocycles. The standard InChI is InChI=1S/C16H22N4/c1-11(2)15-13-5-3-4-12(13)14(10-17)16(19-15)20-8-6-18-7-9-20/h11,18H,3-9H2,1-2H3. The van der Waals surface area contributed by atoms with E-state index in [0.717, 1.165) is 56.8 Å². The number of nitrogens with one attached hydrogen (secondary N) is 1. The summed E-state index contributed by atoms with van der Waals surface area (Å²) in [6.07, 6.45) is 3.29. The van der Waals surface area contributed by atoms with Gasteiger partial charge >= 0.3 is 0 Å². The van der Waals surface area contributed by atoms with Crippen LogP contribution in [0.2, 0.25) is 0 Å². The number of nitrogens with zero attached hydrogens (tertiary/aromatic N) is 3. The molecule has 1 aromatic heterocycles. The van der Waals surface area contributed by atoms with E-state index in [2.05, 4.69) is 30.1 Å². The summed E-state index contributed by atoms with van der Waals surface area (Å²) in [5.74, 6) is 1.36. The summed E-state index contributed by atoms with van der Waals surface area (Å²) in [7, 11) is 0. The SMILES string of the molecule is CC(C)c1nc(N2CCNCC2)c(C#N)c2c1CCC2. The first-order valence-corrected chi connectivity index (χ1v) is 7.63. The fraction of sp³-hybridized carbons (Fsp3) is 0.625. The summed E-state index contributed by atoms with van der Waals surface area (Å²) in [6, 6.07) is 2.43. The predicted molar refractivity (Wildman–Crippen MR) is 80.1 cm³/mol. The lowest BCUT2D eigenvalue weighted by molar-refractivity contribution is 0.582. The Morgan fingerprint density at radius 3 is 2.55 bits per heavy atom. The van der Waals surface area contributed by atoms with E-state index in [-0.39, 0.29) is 0 Å². The zero-order valence-corrected chi connectivity index (χ0v) is 12.4. The molecule has 1 N–H and O–H groups in total. The highest BCUT2D eigenvalue weighted by Crippen LogP contribution is 2.35. The lowest BCUT2D eigenvalue weighted by Crippen LogP contribution is -2.44. The molecule has 1 aromatic rings. The molecular formula is C16H22N4. The molecule has 1 aliphatic heterocycles. The summed E-state index contributed by atoms with van der Waals surface area (Å²) >= 11 is 0. The van der Waals surface area contributed by atoms with Gasteiger partial charge in [-0.3, -0.25) is 0 Å². The molecule has 0 unspecified atom stereocenters. The number of anilines is 1. The predicted octanol–water partition coefficient (Wildman–Crippen LogP) is 1.97. The summed E-state index contributed by atoms with van der Waals surface area (Å²) in [6.45, 7) is 8.24. The first-order chi connectivity index (χ1) is 9.72. The number of pyridine rings is 1. The van der Waals surface area contributed by atoms with Crippen molar-refractivity contribution >= 4 is 5.82 Å². The molecule has 4 nitrogen and oxygen atoms in total. The lowest BCUT2D eigenvalue weighted by Gasteiger charge is -2.30. The Bertz CT molecular complexity index is 551. The van der Waals surface area contributed by atoms with Gasteiger partial charge in [-0.2, -0.15) is 5.26 Å². The van der Waals surface area contributed by atoms with Crippen molar-refractivity contribution in [3.63, 3.8) is 0 Å². The second kappa shape index (κ2) is 5.41. The van der Waals surface area contributed by atoms with Crippen molar-refractivity contribution in [1.82, 2.24) is 10.3 Å². The molecule has 0 amide bonds. The topological polar surface area (TPSA) is 52.0 Å². The van der Waals surface area contributed by atoms with Crippen LogP contribution in [0, 0.1) is 11.3 Å². The first-order valence-electron chi connectivity index (χ1n) is 7.63. The maximum atomic E-state index is 9.61. The second-order valence-electron chi connectivity index (χ2n) is 6.01. The number of piperazine rings is 1. The van der Waals surface area contributed by atoms with Crippen molar-refractivity contribution in [2.24, 2.45) is 0 Å². The van der Waals surface area contributed by atoms with Gasteiger partial charge in [0.15, 0.2) is 0 Å². The number of rotatable bonds is 2. The van der Waals surface area contributed by atoms with Crippen molar-refractivity contribution in [3.05, 3.63) is 22.4 Å². The van der Waals surface area contributed by atoms with Crippen LogP contribution < -0.4 is 10.2 Å². The smallest absolute Gasteiger partial charge is 0.147 e. The van der Waals surface area contributed by atoms with E-state index in [1.54, 1.807) is 0 Å². The van der Waals surface area contributed by atoms with Gasteiger partial charge < -0.3 is 10.2 Å². The highest BCUT2D eigenvalue weighted by atomic mass is 15.2. The van der Waals surface area contributed by atoms with Crippen LogP contribution in [-0.4, -0.2) is 31.2 Å². The lowest BCUT2D eigenvalue weighted by atomic mass is 9.97. The van der Waals surface area contributed by atoms with E-state index in [1.165, 1.54) is 16.8 Å². The van der Waals surface area contributed by atoms with Crippen molar-refractivity contribution in [2.45, 2.75) is 39.0 Å². The van der Waals surface area contributed by atoms with Crippen LogP contribution in [0.4, 0.5) is 5.82 Å². The third-order valence-electron chi connectivity index (χ3n) is 4.35. The molecule has 0 spiro atoms. The Kier molecular flexibility index (Phi) is 3.62. The molecule has 0 saturated carbocycles. The summed E-state index contributed by atoms with van der Waals surface area (Å²) in [5.41, 5.74) is 4.68. The van der Waals surface area contributed by atoms with Crippen molar-refractivity contribution < 1.29 is 0 Å². The van der Waals surface area contributed by atoms with Gasteiger partial charge in [0.05, 0.1) is 5.56 Å². The monoisotopic (exact) mass is 270 g/mol. The molecule has 1 aliphatic carbocycles. The van der Waals surface area contributed by atoms with Gasteiger partial charge in [0.2, 0.25) is 0 Å². The molecule has 4 heteroatoms. The molecule has 0 atom stereocenters. The van der Waals surface area contributed by atoms with Crippen molar-refractivity contribution in [1.29, 1.82) is 5.26 Å². The molecule has 0 bridgehead atoms. The number of hydrogen-bond donors (Lipinski definition) is 1. The van der Waals surface area contributed by atoms with Crippen LogP contribution in [-0.2, 0) is 12.8 Å². The van der Waals surface area contributed by atoms with Gasteiger partial charge in [-0.15, -0.1) is 0 Å². The maximum absolute atomic E-state index is 9.61. The van der Waals surface area contributed by atoms with Gasteiger partial charge in [0.25, 0.3) is 0 Å². The largest absolute Gasteiger partial charge is 0.353 e. The number of aromatic nitrogens is 1. The summed E-state index contributed by atoms with van der Waals surface area (Å²) in [4.78, 5) is 7.19. The van der Waals surface area contributed by atoms with E-state index in [4.69, 9.17) is 4.98 Å². The molecule has 2 aliphatic rings. The molecule has 2 heterocycles. The fourth-order valence-corrected chi connectivity index (χ4v) is 3.38. The van der Waals surface area contributed by atoms with Crippen molar-refractivity contribution in [2.75, 3.05) is 31.1 Å². The highest BCUT2D eigenvalue weighted by Gasteiger charge is 2.27. The Morgan fingerprint density at radius 2 is 1.90 bits per heavy atom. The third-order valence-corrected chi connectivity index (χ3v) is 4.35. The van der Waals surface area contributed by atoms with Gasteiger partial charge in [0.1, 0.15) is 11.9 Å². The minimum absolute atomic E-state index is 0.427. The van der Waals surface area contributed by atoms with Crippen molar-refractivity contribution in [3.8, 4) is 6.07 Å². The average molecular weight is 270 g/mol. The maximum Gasteiger partial charge on any atom is 0.147 e. The molecule has 20 heavy (non-hydrogen) atoms. The Hall–Kier alpha value is -1.60. The van der Waals surface area contributed by atoms with Crippen LogP contribution in [0.15, 0.2) is 0 Å². The third kappa shape index (κ3) is 2.16. The van der Waals surface area contributed by atoms with E-state index < -0.39 is 0 Å². The molecule has 3 rings (SSSR count). The first kappa shape index (κ1) is 13.4. The summed E-state index contributed by atoms with van der Waals surface area (Å²) < 4.78 is 0. The van der Waals surface area contributed by atoms with Crippen LogP contribution in [0.1, 0.15) is 48.6 Å². The number of fused-ring (bicyclic) bond motifs is 1. The Morgan fingerprint density at radius 1 is 1.20 bits per heavy atom. The normalized spacial score (nSPS) is 18.2. The average Bonchev–Trinajstić information content (AvgIpc) is 2.95. The molecule has 106 valence electrons. The minimum Gasteiger partial charge on any atom is -0.353 e. The fourth-order valence-electron chi connectivity index (χ4n) is 3.38. The van der Waals surface area contributed by atoms with E-state index >= 15 is 0 Å².